The molecule has 0 spiro atoms. The molecule has 2 aromatic carbocycles. The monoisotopic (exact) mass is 224 g/mol. The minimum atomic E-state index is 1.17. The molecule has 0 aliphatic rings. The van der Waals surface area contributed by atoms with E-state index in [9.17, 15) is 0 Å². The van der Waals surface area contributed by atoms with E-state index < -0.39 is 0 Å². The molecule has 0 saturated carbocycles. The Morgan fingerprint density at radius 1 is 0.882 bits per heavy atom. The number of benzene rings is 2. The molecule has 0 nitrogen and oxygen atoms in total. The fraction of sp³-hybridized carbons (Fsp3) is 0.294. The zero-order valence-corrected chi connectivity index (χ0v) is 11.0. The van der Waals surface area contributed by atoms with Crippen LogP contribution >= 0.6 is 0 Å². The van der Waals surface area contributed by atoms with Gasteiger partial charge in [0.1, 0.15) is 0 Å². The largest absolute Gasteiger partial charge is 0.0651 e. The number of hydrogen-bond acceptors (Lipinski definition) is 0. The lowest BCUT2D eigenvalue weighted by Crippen LogP contribution is -1.95. The van der Waals surface area contributed by atoms with Crippen molar-refractivity contribution >= 4 is 0 Å². The van der Waals surface area contributed by atoms with Crippen molar-refractivity contribution in [2.75, 3.05) is 0 Å². The molecular formula is C17H20. The Bertz CT molecular complexity index is 495. The first-order valence-electron chi connectivity index (χ1n) is 6.38. The van der Waals surface area contributed by atoms with Gasteiger partial charge >= 0.3 is 0 Å². The van der Waals surface area contributed by atoms with Gasteiger partial charge in [-0.1, -0.05) is 55.8 Å². The molecule has 0 fully saturated rings. The molecular weight excluding hydrogens is 204 g/mol. The third-order valence-corrected chi connectivity index (χ3v) is 3.37. The van der Waals surface area contributed by atoms with Gasteiger partial charge in [0.2, 0.25) is 0 Å². The third kappa shape index (κ3) is 2.41. The van der Waals surface area contributed by atoms with Gasteiger partial charge in [0.25, 0.3) is 0 Å². The van der Waals surface area contributed by atoms with Crippen LogP contribution in [0.3, 0.4) is 0 Å². The second kappa shape index (κ2) is 5.18. The molecule has 17 heavy (non-hydrogen) atoms. The molecule has 0 atom stereocenters. The van der Waals surface area contributed by atoms with Crippen LogP contribution in [-0.4, -0.2) is 0 Å². The highest BCUT2D eigenvalue weighted by atomic mass is 14.1. The van der Waals surface area contributed by atoms with E-state index in [0.29, 0.717) is 0 Å². The zero-order valence-electron chi connectivity index (χ0n) is 11.0. The van der Waals surface area contributed by atoms with Crippen molar-refractivity contribution < 1.29 is 0 Å². The Kier molecular flexibility index (Phi) is 3.63. The first-order valence-corrected chi connectivity index (χ1v) is 6.38. The molecule has 0 saturated heterocycles. The third-order valence-electron chi connectivity index (χ3n) is 3.37. The summed E-state index contributed by atoms with van der Waals surface area (Å²) in [7, 11) is 0. The van der Waals surface area contributed by atoms with Crippen molar-refractivity contribution in [2.24, 2.45) is 0 Å². The van der Waals surface area contributed by atoms with E-state index in [-0.39, 0.29) is 0 Å². The van der Waals surface area contributed by atoms with Gasteiger partial charge in [0.15, 0.2) is 0 Å². The molecule has 0 amide bonds. The van der Waals surface area contributed by atoms with Crippen molar-refractivity contribution in [3.8, 4) is 11.1 Å². The predicted octanol–water partition coefficient (Wildman–Crippen LogP) is 4.92. The van der Waals surface area contributed by atoms with Crippen molar-refractivity contribution in [1.82, 2.24) is 0 Å². The number of rotatable bonds is 3. The van der Waals surface area contributed by atoms with Crippen LogP contribution in [0.25, 0.3) is 11.1 Å². The summed E-state index contributed by atoms with van der Waals surface area (Å²) in [5.41, 5.74) is 7.04. The maximum Gasteiger partial charge on any atom is -0.0123 e. The summed E-state index contributed by atoms with van der Waals surface area (Å²) in [5, 5.41) is 0. The summed E-state index contributed by atoms with van der Waals surface area (Å²) in [6, 6.07) is 15.2. The van der Waals surface area contributed by atoms with Crippen LogP contribution in [0, 0.1) is 13.8 Å². The van der Waals surface area contributed by atoms with E-state index in [1.165, 1.54) is 40.7 Å². The number of hydrogen-bond donors (Lipinski definition) is 0. The Balaban J connectivity index is 2.56. The van der Waals surface area contributed by atoms with Crippen LogP contribution in [-0.2, 0) is 6.42 Å². The van der Waals surface area contributed by atoms with Crippen molar-refractivity contribution in [1.29, 1.82) is 0 Å². The quantitative estimate of drug-likeness (QED) is 0.694. The molecule has 0 N–H and O–H groups in total. The summed E-state index contributed by atoms with van der Waals surface area (Å²) < 4.78 is 0. The minimum absolute atomic E-state index is 1.17. The van der Waals surface area contributed by atoms with E-state index in [4.69, 9.17) is 0 Å². The van der Waals surface area contributed by atoms with Crippen LogP contribution in [0.5, 0.6) is 0 Å². The molecule has 0 bridgehead atoms. The van der Waals surface area contributed by atoms with Crippen LogP contribution in [0.2, 0.25) is 0 Å². The second-order valence-electron chi connectivity index (χ2n) is 4.66. The Labute approximate surface area is 104 Å². The molecule has 0 heteroatoms. The van der Waals surface area contributed by atoms with Gasteiger partial charge in [-0.25, -0.2) is 0 Å². The molecule has 0 aliphatic carbocycles. The smallest absolute Gasteiger partial charge is 0.0123 e. The van der Waals surface area contributed by atoms with Crippen molar-refractivity contribution in [2.45, 2.75) is 33.6 Å². The number of aryl methyl sites for hydroxylation is 2. The summed E-state index contributed by atoms with van der Waals surface area (Å²) in [6.07, 6.45) is 2.38. The highest BCUT2D eigenvalue weighted by Gasteiger charge is 2.08. The summed E-state index contributed by atoms with van der Waals surface area (Å²) in [4.78, 5) is 0. The Morgan fingerprint density at radius 3 is 2.24 bits per heavy atom. The molecule has 0 heterocycles. The second-order valence-corrected chi connectivity index (χ2v) is 4.66. The molecule has 2 aromatic rings. The van der Waals surface area contributed by atoms with Gasteiger partial charge in [-0.05, 0) is 48.1 Å². The van der Waals surface area contributed by atoms with Gasteiger partial charge < -0.3 is 0 Å². The molecule has 88 valence electrons. The van der Waals surface area contributed by atoms with E-state index in [0.717, 1.165) is 0 Å². The average Bonchev–Trinajstić information content (AvgIpc) is 2.35. The average molecular weight is 224 g/mol. The van der Waals surface area contributed by atoms with Gasteiger partial charge in [-0.2, -0.15) is 0 Å². The Hall–Kier alpha value is -1.56. The maximum absolute atomic E-state index is 2.28. The van der Waals surface area contributed by atoms with Gasteiger partial charge in [0, 0.05) is 0 Å². The molecule has 0 aromatic heterocycles. The molecule has 0 radical (unpaired) electrons. The highest BCUT2D eigenvalue weighted by Crippen LogP contribution is 2.29. The van der Waals surface area contributed by atoms with Crippen molar-refractivity contribution in [3.63, 3.8) is 0 Å². The fourth-order valence-corrected chi connectivity index (χ4v) is 2.48. The fourth-order valence-electron chi connectivity index (χ4n) is 2.48. The van der Waals surface area contributed by atoms with E-state index in [1.807, 2.05) is 0 Å². The lowest BCUT2D eigenvalue weighted by Gasteiger charge is -2.14. The predicted molar refractivity (Wildman–Crippen MR) is 75.3 cm³/mol. The first kappa shape index (κ1) is 11.9. The molecule has 0 unspecified atom stereocenters. The lowest BCUT2D eigenvalue weighted by atomic mass is 9.91. The normalized spacial score (nSPS) is 10.5. The lowest BCUT2D eigenvalue weighted by molar-refractivity contribution is 0.912. The zero-order chi connectivity index (χ0) is 12.3. The summed E-state index contributed by atoms with van der Waals surface area (Å²) >= 11 is 0. The summed E-state index contributed by atoms with van der Waals surface area (Å²) in [6.45, 7) is 6.69. The van der Waals surface area contributed by atoms with Crippen LogP contribution in [0.4, 0.5) is 0 Å². The maximum atomic E-state index is 2.28. The van der Waals surface area contributed by atoms with Gasteiger partial charge in [-0.15, -0.1) is 0 Å². The van der Waals surface area contributed by atoms with Crippen LogP contribution in [0.15, 0.2) is 42.5 Å². The SMILES string of the molecule is CCCc1ccc(C)c(-c2ccccc2)c1C. The minimum Gasteiger partial charge on any atom is -0.0651 e. The van der Waals surface area contributed by atoms with E-state index in [2.05, 4.69) is 63.2 Å². The van der Waals surface area contributed by atoms with E-state index in [1.54, 1.807) is 0 Å². The summed E-state index contributed by atoms with van der Waals surface area (Å²) in [5.74, 6) is 0. The Morgan fingerprint density at radius 2 is 1.59 bits per heavy atom. The van der Waals surface area contributed by atoms with Crippen LogP contribution < -0.4 is 0 Å². The topological polar surface area (TPSA) is 0 Å². The van der Waals surface area contributed by atoms with Crippen LogP contribution in [0.1, 0.15) is 30.0 Å². The molecule has 2 rings (SSSR count). The van der Waals surface area contributed by atoms with Crippen molar-refractivity contribution in [3.05, 3.63) is 59.2 Å². The highest BCUT2D eigenvalue weighted by molar-refractivity contribution is 5.71. The van der Waals surface area contributed by atoms with Gasteiger partial charge in [-0.3, -0.25) is 0 Å². The van der Waals surface area contributed by atoms with E-state index >= 15 is 0 Å². The standard InChI is InChI=1S/C17H20/c1-4-8-15-12-11-13(2)17(14(15)3)16-9-6-5-7-10-16/h5-7,9-12H,4,8H2,1-3H3. The first-order chi connectivity index (χ1) is 8.24. The molecule has 0 aliphatic heterocycles. The van der Waals surface area contributed by atoms with Gasteiger partial charge in [0.05, 0.1) is 0 Å².